The van der Waals surface area contributed by atoms with E-state index in [0.717, 1.165) is 19.6 Å². The summed E-state index contributed by atoms with van der Waals surface area (Å²) < 4.78 is 1.19. The number of anilines is 1. The van der Waals surface area contributed by atoms with Gasteiger partial charge in [0.25, 0.3) is 0 Å². The molecule has 82 valence electrons. The van der Waals surface area contributed by atoms with Crippen LogP contribution < -0.4 is 10.2 Å². The van der Waals surface area contributed by atoms with Crippen molar-refractivity contribution in [3.63, 3.8) is 0 Å². The molecule has 1 unspecified atom stereocenters. The minimum atomic E-state index is 0.569. The lowest BCUT2D eigenvalue weighted by Gasteiger charge is -2.25. The third-order valence-corrected chi connectivity index (χ3v) is 3.46. The lowest BCUT2D eigenvalue weighted by Crippen LogP contribution is -2.35. The average molecular weight is 269 g/mol. The first kappa shape index (κ1) is 11.0. The molecule has 1 N–H and O–H groups in total. The van der Waals surface area contributed by atoms with Crippen molar-refractivity contribution in [1.82, 2.24) is 5.32 Å². The second-order valence-electron chi connectivity index (χ2n) is 4.11. The SMILES string of the molecule is CC1CN(c2ccccc2Br)CCCN1. The van der Waals surface area contributed by atoms with E-state index in [1.807, 2.05) is 0 Å². The van der Waals surface area contributed by atoms with Crippen LogP contribution in [-0.2, 0) is 0 Å². The molecule has 1 atom stereocenters. The maximum Gasteiger partial charge on any atom is 0.0511 e. The lowest BCUT2D eigenvalue weighted by molar-refractivity contribution is 0.584. The average Bonchev–Trinajstić information content (AvgIpc) is 2.43. The van der Waals surface area contributed by atoms with E-state index in [9.17, 15) is 0 Å². The third-order valence-electron chi connectivity index (χ3n) is 2.78. The van der Waals surface area contributed by atoms with Gasteiger partial charge in [0.15, 0.2) is 0 Å². The second kappa shape index (κ2) is 4.99. The van der Waals surface area contributed by atoms with E-state index in [2.05, 4.69) is 57.3 Å². The van der Waals surface area contributed by atoms with Gasteiger partial charge in [-0.1, -0.05) is 12.1 Å². The third kappa shape index (κ3) is 2.73. The predicted octanol–water partition coefficient (Wildman–Crippen LogP) is 2.64. The van der Waals surface area contributed by atoms with Gasteiger partial charge in [0.05, 0.1) is 5.69 Å². The minimum absolute atomic E-state index is 0.569. The summed E-state index contributed by atoms with van der Waals surface area (Å²) in [6, 6.07) is 9.02. The molecular formula is C12H17BrN2. The van der Waals surface area contributed by atoms with Crippen LogP contribution in [0.15, 0.2) is 28.7 Å². The quantitative estimate of drug-likeness (QED) is 0.843. The molecule has 0 aliphatic carbocycles. The van der Waals surface area contributed by atoms with Crippen molar-refractivity contribution >= 4 is 21.6 Å². The Morgan fingerprint density at radius 1 is 1.40 bits per heavy atom. The fourth-order valence-electron chi connectivity index (χ4n) is 2.03. The molecule has 0 aromatic heterocycles. The van der Waals surface area contributed by atoms with E-state index >= 15 is 0 Å². The number of benzene rings is 1. The van der Waals surface area contributed by atoms with Crippen molar-refractivity contribution in [2.75, 3.05) is 24.5 Å². The number of nitrogens with zero attached hydrogens (tertiary/aromatic N) is 1. The molecule has 2 rings (SSSR count). The van der Waals surface area contributed by atoms with Crippen molar-refractivity contribution in [2.45, 2.75) is 19.4 Å². The van der Waals surface area contributed by atoms with Crippen LogP contribution >= 0.6 is 15.9 Å². The zero-order valence-corrected chi connectivity index (χ0v) is 10.6. The Hall–Kier alpha value is -0.540. The Morgan fingerprint density at radius 2 is 2.20 bits per heavy atom. The Balaban J connectivity index is 2.18. The topological polar surface area (TPSA) is 15.3 Å². The van der Waals surface area contributed by atoms with Gasteiger partial charge in [-0.3, -0.25) is 0 Å². The molecular weight excluding hydrogens is 252 g/mol. The molecule has 1 aliphatic heterocycles. The maximum atomic E-state index is 3.62. The van der Waals surface area contributed by atoms with Crippen LogP contribution in [0.4, 0.5) is 5.69 Å². The summed E-state index contributed by atoms with van der Waals surface area (Å²) >= 11 is 3.62. The highest BCUT2D eigenvalue weighted by Crippen LogP contribution is 2.26. The van der Waals surface area contributed by atoms with Crippen molar-refractivity contribution < 1.29 is 0 Å². The monoisotopic (exact) mass is 268 g/mol. The van der Waals surface area contributed by atoms with Crippen molar-refractivity contribution in [3.8, 4) is 0 Å². The maximum absolute atomic E-state index is 3.62. The molecule has 15 heavy (non-hydrogen) atoms. The summed E-state index contributed by atoms with van der Waals surface area (Å²) in [5, 5.41) is 3.51. The van der Waals surface area contributed by atoms with Crippen LogP contribution in [-0.4, -0.2) is 25.7 Å². The Bertz CT molecular complexity index is 327. The van der Waals surface area contributed by atoms with Gasteiger partial charge in [0, 0.05) is 23.6 Å². The molecule has 0 spiro atoms. The van der Waals surface area contributed by atoms with E-state index in [1.54, 1.807) is 0 Å². The standard InChI is InChI=1S/C12H17BrN2/c1-10-9-15(8-4-7-14-10)12-6-3-2-5-11(12)13/h2-3,5-6,10,14H,4,7-9H2,1H3. The Kier molecular flexibility index (Phi) is 3.65. The minimum Gasteiger partial charge on any atom is -0.369 e. The van der Waals surface area contributed by atoms with Crippen LogP contribution in [0.3, 0.4) is 0 Å². The molecule has 1 aromatic rings. The predicted molar refractivity (Wildman–Crippen MR) is 68.4 cm³/mol. The Morgan fingerprint density at radius 3 is 3.00 bits per heavy atom. The first-order valence-electron chi connectivity index (χ1n) is 5.50. The van der Waals surface area contributed by atoms with Crippen molar-refractivity contribution in [2.24, 2.45) is 0 Å². The van der Waals surface area contributed by atoms with Crippen LogP contribution in [0.2, 0.25) is 0 Å². The fraction of sp³-hybridized carbons (Fsp3) is 0.500. The number of rotatable bonds is 1. The van der Waals surface area contributed by atoms with Gasteiger partial charge >= 0.3 is 0 Å². The number of nitrogens with one attached hydrogen (secondary N) is 1. The first-order valence-corrected chi connectivity index (χ1v) is 6.29. The second-order valence-corrected chi connectivity index (χ2v) is 4.96. The molecule has 3 heteroatoms. The molecule has 1 heterocycles. The highest BCUT2D eigenvalue weighted by molar-refractivity contribution is 9.10. The smallest absolute Gasteiger partial charge is 0.0511 e. The number of para-hydroxylation sites is 1. The van der Waals surface area contributed by atoms with Crippen molar-refractivity contribution in [3.05, 3.63) is 28.7 Å². The van der Waals surface area contributed by atoms with Crippen LogP contribution in [0.1, 0.15) is 13.3 Å². The summed E-state index contributed by atoms with van der Waals surface area (Å²) in [7, 11) is 0. The molecule has 1 aromatic carbocycles. The van der Waals surface area contributed by atoms with Crippen molar-refractivity contribution in [1.29, 1.82) is 0 Å². The van der Waals surface area contributed by atoms with Crippen LogP contribution in [0.25, 0.3) is 0 Å². The van der Waals surface area contributed by atoms with Gasteiger partial charge in [0.1, 0.15) is 0 Å². The summed E-state index contributed by atoms with van der Waals surface area (Å²) in [6.07, 6.45) is 1.21. The molecule has 0 radical (unpaired) electrons. The first-order chi connectivity index (χ1) is 7.27. The molecule has 0 amide bonds. The van der Waals surface area contributed by atoms with E-state index in [0.29, 0.717) is 6.04 Å². The van der Waals surface area contributed by atoms with E-state index < -0.39 is 0 Å². The van der Waals surface area contributed by atoms with Crippen LogP contribution in [0.5, 0.6) is 0 Å². The normalized spacial score (nSPS) is 22.5. The lowest BCUT2D eigenvalue weighted by atomic mass is 10.2. The fourth-order valence-corrected chi connectivity index (χ4v) is 2.57. The van der Waals surface area contributed by atoms with Gasteiger partial charge in [-0.05, 0) is 48.0 Å². The van der Waals surface area contributed by atoms with E-state index in [1.165, 1.54) is 16.6 Å². The van der Waals surface area contributed by atoms with E-state index in [4.69, 9.17) is 0 Å². The summed E-state index contributed by atoms with van der Waals surface area (Å²) in [5.74, 6) is 0. The van der Waals surface area contributed by atoms with Gasteiger partial charge < -0.3 is 10.2 Å². The molecule has 1 fully saturated rings. The van der Waals surface area contributed by atoms with Gasteiger partial charge in [-0.2, -0.15) is 0 Å². The molecule has 1 aliphatic rings. The Labute approximate surface area is 99.8 Å². The zero-order chi connectivity index (χ0) is 10.7. The summed E-state index contributed by atoms with van der Waals surface area (Å²) in [6.45, 7) is 5.60. The number of halogens is 1. The number of hydrogen-bond donors (Lipinski definition) is 1. The van der Waals surface area contributed by atoms with Gasteiger partial charge in [0.2, 0.25) is 0 Å². The van der Waals surface area contributed by atoms with Gasteiger partial charge in [-0.15, -0.1) is 0 Å². The number of hydrogen-bond acceptors (Lipinski definition) is 2. The van der Waals surface area contributed by atoms with Gasteiger partial charge in [-0.25, -0.2) is 0 Å². The van der Waals surface area contributed by atoms with E-state index in [-0.39, 0.29) is 0 Å². The largest absolute Gasteiger partial charge is 0.369 e. The highest BCUT2D eigenvalue weighted by atomic mass is 79.9. The molecule has 0 bridgehead atoms. The van der Waals surface area contributed by atoms with Crippen LogP contribution in [0, 0.1) is 0 Å². The highest BCUT2D eigenvalue weighted by Gasteiger charge is 2.15. The summed E-state index contributed by atoms with van der Waals surface area (Å²) in [5.41, 5.74) is 1.31. The summed E-state index contributed by atoms with van der Waals surface area (Å²) in [4.78, 5) is 2.45. The molecule has 2 nitrogen and oxygen atoms in total. The molecule has 0 saturated carbocycles. The zero-order valence-electron chi connectivity index (χ0n) is 9.04. The molecule has 1 saturated heterocycles.